The maximum absolute atomic E-state index is 11.2. The number of carbonyl (C=O) groups excluding carboxylic acids is 1. The number of alkyl carbamates (subject to hydrolysis) is 1. The van der Waals surface area contributed by atoms with E-state index in [1.807, 2.05) is 12.1 Å². The molecule has 1 aromatic carbocycles. The van der Waals surface area contributed by atoms with Crippen molar-refractivity contribution in [3.05, 3.63) is 29.8 Å². The molecule has 0 bridgehead atoms. The number of ether oxygens (including phenoxy) is 4. The van der Waals surface area contributed by atoms with Crippen molar-refractivity contribution >= 4 is 6.09 Å². The summed E-state index contributed by atoms with van der Waals surface area (Å²) in [7, 11) is 0. The Hall–Kier alpha value is -1.79. The smallest absolute Gasteiger partial charge is 0.407 e. The monoisotopic (exact) mass is 377 g/mol. The van der Waals surface area contributed by atoms with Crippen LogP contribution in [0.15, 0.2) is 24.3 Å². The average Bonchev–Trinajstić information content (AvgIpc) is 3.15. The van der Waals surface area contributed by atoms with Crippen LogP contribution in [0.5, 0.6) is 5.75 Å². The molecule has 150 valence electrons. The van der Waals surface area contributed by atoms with Crippen LogP contribution in [0, 0.1) is 11.8 Å². The van der Waals surface area contributed by atoms with Gasteiger partial charge in [0.15, 0.2) is 5.79 Å². The second-order valence-electron chi connectivity index (χ2n) is 7.29. The molecule has 1 aromatic rings. The summed E-state index contributed by atoms with van der Waals surface area (Å²) >= 11 is 0. The SMILES string of the molecule is CCOC(=O)NCCOc1ccc(CC2CCCC(C)C23OCCO3)cc1. The molecule has 2 unspecified atom stereocenters. The molecule has 0 radical (unpaired) electrons. The maximum atomic E-state index is 11.2. The van der Waals surface area contributed by atoms with Gasteiger partial charge in [0.2, 0.25) is 0 Å². The lowest BCUT2D eigenvalue weighted by molar-refractivity contribution is -0.241. The second kappa shape index (κ2) is 9.42. The summed E-state index contributed by atoms with van der Waals surface area (Å²) in [6.07, 6.45) is 4.08. The van der Waals surface area contributed by atoms with E-state index >= 15 is 0 Å². The molecule has 1 spiro atoms. The minimum atomic E-state index is -0.413. The predicted octanol–water partition coefficient (Wildman–Crippen LogP) is 3.53. The Morgan fingerprint density at radius 1 is 1.22 bits per heavy atom. The number of hydrogen-bond donors (Lipinski definition) is 1. The van der Waals surface area contributed by atoms with Crippen LogP contribution >= 0.6 is 0 Å². The summed E-state index contributed by atoms with van der Waals surface area (Å²) in [5, 5.41) is 2.64. The third-order valence-corrected chi connectivity index (χ3v) is 5.51. The van der Waals surface area contributed by atoms with Crippen LogP contribution in [-0.4, -0.2) is 44.9 Å². The molecule has 1 N–H and O–H groups in total. The first-order valence-corrected chi connectivity index (χ1v) is 10.0. The molecule has 0 aromatic heterocycles. The van der Waals surface area contributed by atoms with Crippen molar-refractivity contribution in [3.63, 3.8) is 0 Å². The third-order valence-electron chi connectivity index (χ3n) is 5.51. The number of nitrogens with one attached hydrogen (secondary N) is 1. The zero-order valence-electron chi connectivity index (χ0n) is 16.4. The summed E-state index contributed by atoms with van der Waals surface area (Å²) in [4.78, 5) is 11.2. The number of hydrogen-bond acceptors (Lipinski definition) is 5. The normalized spacial score (nSPS) is 23.9. The van der Waals surface area contributed by atoms with E-state index in [-0.39, 0.29) is 0 Å². The predicted molar refractivity (Wildman–Crippen MR) is 102 cm³/mol. The Morgan fingerprint density at radius 3 is 2.67 bits per heavy atom. The molecular formula is C21H31NO5. The molecule has 2 atom stereocenters. The van der Waals surface area contributed by atoms with Gasteiger partial charge < -0.3 is 24.3 Å². The molecule has 1 amide bonds. The number of amides is 1. The van der Waals surface area contributed by atoms with Crippen molar-refractivity contribution in [1.82, 2.24) is 5.32 Å². The van der Waals surface area contributed by atoms with Crippen molar-refractivity contribution in [3.8, 4) is 5.75 Å². The van der Waals surface area contributed by atoms with E-state index in [4.69, 9.17) is 18.9 Å². The van der Waals surface area contributed by atoms with E-state index in [1.54, 1.807) is 6.92 Å². The molecule has 2 aliphatic rings. The molecular weight excluding hydrogens is 346 g/mol. The van der Waals surface area contributed by atoms with Gasteiger partial charge in [-0.2, -0.15) is 0 Å². The number of benzene rings is 1. The fourth-order valence-electron chi connectivity index (χ4n) is 4.19. The third kappa shape index (κ3) is 4.93. The molecule has 1 heterocycles. The highest BCUT2D eigenvalue weighted by atomic mass is 16.7. The zero-order chi connectivity index (χ0) is 19.1. The van der Waals surface area contributed by atoms with Gasteiger partial charge in [-0.15, -0.1) is 0 Å². The Bertz CT molecular complexity index is 597. The van der Waals surface area contributed by atoms with Gasteiger partial charge in [-0.05, 0) is 43.9 Å². The van der Waals surface area contributed by atoms with E-state index in [2.05, 4.69) is 24.4 Å². The van der Waals surface area contributed by atoms with Crippen molar-refractivity contribution in [2.75, 3.05) is 33.0 Å². The first-order valence-electron chi connectivity index (χ1n) is 10.0. The highest BCUT2D eigenvalue weighted by Crippen LogP contribution is 2.45. The lowest BCUT2D eigenvalue weighted by Crippen LogP contribution is -2.48. The first kappa shape index (κ1) is 20.0. The average molecular weight is 377 g/mol. The van der Waals surface area contributed by atoms with Crippen LogP contribution in [0.1, 0.15) is 38.7 Å². The van der Waals surface area contributed by atoms with E-state index in [9.17, 15) is 4.79 Å². The number of carbonyl (C=O) groups is 1. The van der Waals surface area contributed by atoms with Gasteiger partial charge in [0.1, 0.15) is 12.4 Å². The summed E-state index contributed by atoms with van der Waals surface area (Å²) in [5.41, 5.74) is 1.27. The van der Waals surface area contributed by atoms with Gasteiger partial charge >= 0.3 is 6.09 Å². The summed E-state index contributed by atoms with van der Waals surface area (Å²) in [6, 6.07) is 8.18. The van der Waals surface area contributed by atoms with Gasteiger partial charge in [-0.1, -0.05) is 25.5 Å². The van der Waals surface area contributed by atoms with Gasteiger partial charge in [-0.3, -0.25) is 0 Å². The molecule has 1 saturated carbocycles. The topological polar surface area (TPSA) is 66.0 Å². The lowest BCUT2D eigenvalue weighted by atomic mass is 9.74. The lowest BCUT2D eigenvalue weighted by Gasteiger charge is -2.44. The van der Waals surface area contributed by atoms with Gasteiger partial charge in [0, 0.05) is 11.8 Å². The standard InChI is InChI=1S/C21H31NO5/c1-3-24-20(23)22-11-12-25-19-9-7-17(8-10-19)15-18-6-4-5-16(2)21(18)26-13-14-27-21/h7-10,16,18H,3-6,11-15H2,1-2H3,(H,22,23). The minimum Gasteiger partial charge on any atom is -0.492 e. The van der Waals surface area contributed by atoms with Crippen molar-refractivity contribution < 1.29 is 23.7 Å². The Labute approximate surface area is 161 Å². The molecule has 6 heteroatoms. The van der Waals surface area contributed by atoms with Crippen molar-refractivity contribution in [2.45, 2.75) is 45.3 Å². The Morgan fingerprint density at radius 2 is 1.96 bits per heavy atom. The Kier molecular flexibility index (Phi) is 6.96. The van der Waals surface area contributed by atoms with Crippen LogP contribution in [-0.2, 0) is 20.6 Å². The zero-order valence-corrected chi connectivity index (χ0v) is 16.4. The van der Waals surface area contributed by atoms with E-state index in [0.717, 1.165) is 18.6 Å². The molecule has 3 rings (SSSR count). The minimum absolute atomic E-state index is 0.366. The van der Waals surface area contributed by atoms with E-state index < -0.39 is 11.9 Å². The Balaban J connectivity index is 1.49. The first-order chi connectivity index (χ1) is 13.1. The van der Waals surface area contributed by atoms with Crippen LogP contribution in [0.2, 0.25) is 0 Å². The van der Waals surface area contributed by atoms with Gasteiger partial charge in [-0.25, -0.2) is 4.79 Å². The van der Waals surface area contributed by atoms with Crippen molar-refractivity contribution in [1.29, 1.82) is 0 Å². The largest absolute Gasteiger partial charge is 0.492 e. The maximum Gasteiger partial charge on any atom is 0.407 e. The van der Waals surface area contributed by atoms with E-state index in [0.29, 0.717) is 44.8 Å². The molecule has 6 nitrogen and oxygen atoms in total. The van der Waals surface area contributed by atoms with Gasteiger partial charge in [0.25, 0.3) is 0 Å². The highest BCUT2D eigenvalue weighted by molar-refractivity contribution is 5.66. The fraction of sp³-hybridized carbons (Fsp3) is 0.667. The molecule has 1 saturated heterocycles. The summed E-state index contributed by atoms with van der Waals surface area (Å²) in [5.74, 6) is 1.23. The van der Waals surface area contributed by atoms with Crippen LogP contribution < -0.4 is 10.1 Å². The highest BCUT2D eigenvalue weighted by Gasteiger charge is 2.50. The van der Waals surface area contributed by atoms with Crippen LogP contribution in [0.4, 0.5) is 4.79 Å². The van der Waals surface area contributed by atoms with E-state index in [1.165, 1.54) is 18.4 Å². The van der Waals surface area contributed by atoms with Gasteiger partial charge in [0.05, 0.1) is 26.4 Å². The molecule has 2 fully saturated rings. The fourth-order valence-corrected chi connectivity index (χ4v) is 4.19. The number of rotatable bonds is 7. The summed E-state index contributed by atoms with van der Waals surface area (Å²) < 4.78 is 22.7. The van der Waals surface area contributed by atoms with Crippen LogP contribution in [0.25, 0.3) is 0 Å². The molecule has 27 heavy (non-hydrogen) atoms. The quantitative estimate of drug-likeness (QED) is 0.737. The van der Waals surface area contributed by atoms with Crippen molar-refractivity contribution in [2.24, 2.45) is 11.8 Å². The molecule has 1 aliphatic carbocycles. The van der Waals surface area contributed by atoms with Crippen LogP contribution in [0.3, 0.4) is 0 Å². The summed E-state index contributed by atoms with van der Waals surface area (Å²) in [6.45, 7) is 6.62. The second-order valence-corrected chi connectivity index (χ2v) is 7.29. The molecule has 1 aliphatic heterocycles.